The van der Waals surface area contributed by atoms with E-state index in [1.807, 2.05) is 44.2 Å². The molecule has 1 aliphatic rings. The molecule has 0 atom stereocenters. The largest absolute Gasteiger partial charge is 0.495 e. The zero-order chi connectivity index (χ0) is 26.1. The van der Waals surface area contributed by atoms with Gasteiger partial charge < -0.3 is 35.2 Å². The number of hydrogen-bond acceptors (Lipinski definition) is 7. The first-order valence-corrected chi connectivity index (χ1v) is 12.1. The summed E-state index contributed by atoms with van der Waals surface area (Å²) in [6, 6.07) is 12.6. The molecule has 0 bridgehead atoms. The van der Waals surface area contributed by atoms with E-state index in [9.17, 15) is 14.4 Å². The molecule has 1 heterocycles. The quantitative estimate of drug-likeness (QED) is 0.457. The number of esters is 1. The Labute approximate surface area is 211 Å². The molecule has 194 valence electrons. The van der Waals surface area contributed by atoms with E-state index in [4.69, 9.17) is 9.47 Å². The molecule has 0 spiro atoms. The molecular weight excluding hydrogens is 462 g/mol. The summed E-state index contributed by atoms with van der Waals surface area (Å²) in [5.41, 5.74) is 2.76. The molecule has 1 fully saturated rings. The Morgan fingerprint density at radius 1 is 0.972 bits per heavy atom. The summed E-state index contributed by atoms with van der Waals surface area (Å²) in [6.07, 6.45) is 0. The number of urea groups is 1. The number of nitrogens with zero attached hydrogens (tertiary/aromatic N) is 2. The van der Waals surface area contributed by atoms with Gasteiger partial charge in [0.2, 0.25) is 0 Å². The van der Waals surface area contributed by atoms with Crippen molar-refractivity contribution in [1.82, 2.24) is 10.6 Å². The van der Waals surface area contributed by atoms with Crippen molar-refractivity contribution in [3.8, 4) is 5.75 Å². The first kappa shape index (κ1) is 26.7. The lowest BCUT2D eigenvalue weighted by molar-refractivity contribution is -0.141. The minimum Gasteiger partial charge on any atom is -0.495 e. The van der Waals surface area contributed by atoms with Gasteiger partial charge in [-0.15, -0.1) is 0 Å². The molecular formula is C26H35N5O5. The average molecular weight is 498 g/mol. The molecule has 0 saturated carbocycles. The molecule has 0 aromatic heterocycles. The predicted molar refractivity (Wildman–Crippen MR) is 140 cm³/mol. The fourth-order valence-corrected chi connectivity index (χ4v) is 4.03. The average Bonchev–Trinajstić information content (AvgIpc) is 2.87. The van der Waals surface area contributed by atoms with E-state index < -0.39 is 12.0 Å². The fourth-order valence-electron chi connectivity index (χ4n) is 4.03. The van der Waals surface area contributed by atoms with Crippen LogP contribution in [0.1, 0.15) is 31.1 Å². The molecule has 36 heavy (non-hydrogen) atoms. The van der Waals surface area contributed by atoms with Crippen molar-refractivity contribution in [2.45, 2.75) is 26.8 Å². The second-order valence-electron chi connectivity index (χ2n) is 8.62. The topological polar surface area (TPSA) is 112 Å². The number of benzene rings is 2. The number of anilines is 3. The summed E-state index contributed by atoms with van der Waals surface area (Å²) < 4.78 is 10.3. The van der Waals surface area contributed by atoms with Crippen molar-refractivity contribution in [3.05, 3.63) is 48.0 Å². The minimum absolute atomic E-state index is 0.0442. The van der Waals surface area contributed by atoms with Gasteiger partial charge in [-0.3, -0.25) is 9.59 Å². The third-order valence-electron chi connectivity index (χ3n) is 5.66. The number of amides is 3. The van der Waals surface area contributed by atoms with E-state index in [2.05, 4.69) is 25.8 Å². The predicted octanol–water partition coefficient (Wildman–Crippen LogP) is 2.84. The highest BCUT2D eigenvalue weighted by molar-refractivity contribution is 6.02. The molecule has 2 aromatic rings. The van der Waals surface area contributed by atoms with Gasteiger partial charge in [0.25, 0.3) is 5.91 Å². The number of nitrogens with one attached hydrogen (secondary N) is 3. The second-order valence-corrected chi connectivity index (χ2v) is 8.62. The van der Waals surface area contributed by atoms with Gasteiger partial charge >= 0.3 is 12.0 Å². The van der Waals surface area contributed by atoms with Crippen LogP contribution < -0.4 is 30.5 Å². The molecule has 1 aliphatic heterocycles. The highest BCUT2D eigenvalue weighted by Gasteiger charge is 2.24. The van der Waals surface area contributed by atoms with Crippen LogP contribution in [0.2, 0.25) is 0 Å². The van der Waals surface area contributed by atoms with Crippen LogP contribution in [0.4, 0.5) is 21.9 Å². The number of rotatable bonds is 9. The van der Waals surface area contributed by atoms with E-state index in [0.717, 1.165) is 30.2 Å². The highest BCUT2D eigenvalue weighted by atomic mass is 16.5. The van der Waals surface area contributed by atoms with Crippen molar-refractivity contribution in [3.63, 3.8) is 0 Å². The summed E-state index contributed by atoms with van der Waals surface area (Å²) >= 11 is 0. The van der Waals surface area contributed by atoms with Gasteiger partial charge in [0, 0.05) is 43.6 Å². The Bertz CT molecular complexity index is 1070. The Morgan fingerprint density at radius 2 is 1.64 bits per heavy atom. The summed E-state index contributed by atoms with van der Waals surface area (Å²) in [6.45, 7) is 8.45. The Balaban J connectivity index is 1.74. The summed E-state index contributed by atoms with van der Waals surface area (Å²) in [7, 11) is 1.67. The van der Waals surface area contributed by atoms with Crippen LogP contribution in [0, 0.1) is 0 Å². The summed E-state index contributed by atoms with van der Waals surface area (Å²) in [4.78, 5) is 41.2. The third-order valence-corrected chi connectivity index (χ3v) is 5.66. The number of methoxy groups -OCH3 is 1. The van der Waals surface area contributed by atoms with Gasteiger partial charge in [-0.25, -0.2) is 4.79 Å². The molecule has 0 aliphatic carbocycles. The van der Waals surface area contributed by atoms with E-state index >= 15 is 0 Å². The molecule has 0 radical (unpaired) electrons. The maximum Gasteiger partial charge on any atom is 0.325 e. The SMILES string of the molecule is CCOC(=O)CNC(=O)Nc1ccc(N2CCN(c3ccccc3OC)CC2)c(C(=O)NC(C)C)c1. The third kappa shape index (κ3) is 7.03. The van der Waals surface area contributed by atoms with Crippen LogP contribution in [0.25, 0.3) is 0 Å². The van der Waals surface area contributed by atoms with Gasteiger partial charge in [0.1, 0.15) is 12.3 Å². The van der Waals surface area contributed by atoms with E-state index in [1.54, 1.807) is 26.2 Å². The molecule has 10 heteroatoms. The lowest BCUT2D eigenvalue weighted by atomic mass is 10.1. The summed E-state index contributed by atoms with van der Waals surface area (Å²) in [5.74, 6) is 0.0922. The molecule has 3 rings (SSSR count). The minimum atomic E-state index is -0.559. The first-order valence-electron chi connectivity index (χ1n) is 12.1. The summed E-state index contributed by atoms with van der Waals surface area (Å²) in [5, 5.41) is 8.07. The molecule has 2 aromatic carbocycles. The number of carbonyl (C=O) groups is 3. The van der Waals surface area contributed by atoms with Crippen LogP contribution in [0.15, 0.2) is 42.5 Å². The zero-order valence-corrected chi connectivity index (χ0v) is 21.3. The van der Waals surface area contributed by atoms with Crippen LogP contribution in [-0.4, -0.2) is 70.4 Å². The van der Waals surface area contributed by atoms with Crippen molar-refractivity contribution >= 4 is 35.0 Å². The maximum absolute atomic E-state index is 13.1. The maximum atomic E-state index is 13.1. The Kier molecular flexibility index (Phi) is 9.38. The number of ether oxygens (including phenoxy) is 2. The molecule has 3 amide bonds. The van der Waals surface area contributed by atoms with Crippen molar-refractivity contribution in [2.24, 2.45) is 0 Å². The second kappa shape index (κ2) is 12.7. The molecule has 3 N–H and O–H groups in total. The Hall–Kier alpha value is -3.95. The monoisotopic (exact) mass is 497 g/mol. The molecule has 0 unspecified atom stereocenters. The van der Waals surface area contributed by atoms with Crippen molar-refractivity contribution in [2.75, 3.05) is 61.6 Å². The van der Waals surface area contributed by atoms with Gasteiger partial charge in [0.05, 0.1) is 25.0 Å². The van der Waals surface area contributed by atoms with Gasteiger partial charge in [-0.1, -0.05) is 12.1 Å². The number of piperazine rings is 1. The fraction of sp³-hybridized carbons (Fsp3) is 0.423. The Morgan fingerprint density at radius 3 is 2.28 bits per heavy atom. The van der Waals surface area contributed by atoms with Crippen LogP contribution in [-0.2, 0) is 9.53 Å². The zero-order valence-electron chi connectivity index (χ0n) is 21.3. The highest BCUT2D eigenvalue weighted by Crippen LogP contribution is 2.31. The lowest BCUT2D eigenvalue weighted by Gasteiger charge is -2.38. The number of carbonyl (C=O) groups excluding carboxylic acids is 3. The lowest BCUT2D eigenvalue weighted by Crippen LogP contribution is -2.47. The number of hydrogen-bond donors (Lipinski definition) is 3. The molecule has 10 nitrogen and oxygen atoms in total. The van der Waals surface area contributed by atoms with E-state index in [-0.39, 0.29) is 25.1 Å². The van der Waals surface area contributed by atoms with Crippen LogP contribution in [0.5, 0.6) is 5.75 Å². The van der Waals surface area contributed by atoms with Crippen LogP contribution >= 0.6 is 0 Å². The standard InChI is InChI=1S/C26H35N5O5/c1-5-36-24(32)17-27-26(34)29-19-10-11-21(20(16-19)25(33)28-18(2)3)30-12-14-31(15-13-30)22-8-6-7-9-23(22)35-4/h6-11,16,18H,5,12-15,17H2,1-4H3,(H,28,33)(H2,27,29,34). The van der Waals surface area contributed by atoms with Crippen LogP contribution in [0.3, 0.4) is 0 Å². The van der Waals surface area contributed by atoms with E-state index in [1.165, 1.54) is 0 Å². The van der Waals surface area contributed by atoms with E-state index in [0.29, 0.717) is 24.3 Å². The van der Waals surface area contributed by atoms with Gasteiger partial charge in [-0.2, -0.15) is 0 Å². The number of para-hydroxylation sites is 2. The van der Waals surface area contributed by atoms with Crippen molar-refractivity contribution < 1.29 is 23.9 Å². The van der Waals surface area contributed by atoms with Crippen molar-refractivity contribution in [1.29, 1.82) is 0 Å². The smallest absolute Gasteiger partial charge is 0.325 e. The van der Waals surface area contributed by atoms with Gasteiger partial charge in [-0.05, 0) is 51.1 Å². The van der Waals surface area contributed by atoms with Gasteiger partial charge in [0.15, 0.2) is 0 Å². The first-order chi connectivity index (χ1) is 17.3. The molecule has 1 saturated heterocycles. The normalized spacial score (nSPS) is 13.2.